The minimum absolute atomic E-state index is 0.0818. The van der Waals surface area contributed by atoms with Gasteiger partial charge in [-0.05, 0) is 25.1 Å². The van der Waals surface area contributed by atoms with E-state index in [2.05, 4.69) is 10.3 Å². The zero-order valence-electron chi connectivity index (χ0n) is 10.2. The molecule has 1 atom stereocenters. The van der Waals surface area contributed by atoms with E-state index >= 15 is 0 Å². The first-order chi connectivity index (χ1) is 9.06. The van der Waals surface area contributed by atoms with Gasteiger partial charge in [0.15, 0.2) is 0 Å². The monoisotopic (exact) mass is 298 g/mol. The molecule has 0 saturated carbocycles. The second-order valence-electron chi connectivity index (χ2n) is 4.14. The van der Waals surface area contributed by atoms with Gasteiger partial charge in [0.1, 0.15) is 10.9 Å². The van der Waals surface area contributed by atoms with Crippen LogP contribution in [-0.4, -0.2) is 16.9 Å². The summed E-state index contributed by atoms with van der Waals surface area (Å²) in [6.07, 6.45) is 3.56. The molecule has 1 N–H and O–H groups in total. The number of hydrogen-bond donors (Lipinski definition) is 1. The highest BCUT2D eigenvalue weighted by atomic mass is 35.5. The molecule has 0 aliphatic carbocycles. The summed E-state index contributed by atoms with van der Waals surface area (Å²) in [6, 6.07) is 5.03. The van der Waals surface area contributed by atoms with Crippen LogP contribution >= 0.6 is 23.2 Å². The van der Waals surface area contributed by atoms with Gasteiger partial charge < -0.3 is 9.73 Å². The Balaban J connectivity index is 2.02. The zero-order chi connectivity index (χ0) is 13.8. The average Bonchev–Trinajstić information content (AvgIpc) is 2.84. The summed E-state index contributed by atoms with van der Waals surface area (Å²) in [5, 5.41) is 3.33. The van der Waals surface area contributed by atoms with Crippen molar-refractivity contribution in [3.8, 4) is 0 Å². The number of halogens is 2. The van der Waals surface area contributed by atoms with Crippen LogP contribution in [0.5, 0.6) is 0 Å². The average molecular weight is 299 g/mol. The Hall–Kier alpha value is -1.52. The molecule has 0 spiro atoms. The van der Waals surface area contributed by atoms with Gasteiger partial charge in [0.25, 0.3) is 5.91 Å². The van der Waals surface area contributed by atoms with Crippen molar-refractivity contribution >= 4 is 29.1 Å². The van der Waals surface area contributed by atoms with Crippen molar-refractivity contribution in [2.75, 3.05) is 0 Å². The molecule has 0 fully saturated rings. The van der Waals surface area contributed by atoms with E-state index in [1.54, 1.807) is 6.26 Å². The Kier molecular flexibility index (Phi) is 4.45. The van der Waals surface area contributed by atoms with Crippen molar-refractivity contribution in [2.24, 2.45) is 0 Å². The van der Waals surface area contributed by atoms with Crippen LogP contribution in [0.15, 0.2) is 35.1 Å². The summed E-state index contributed by atoms with van der Waals surface area (Å²) in [6.45, 7) is 1.89. The van der Waals surface area contributed by atoms with E-state index in [9.17, 15) is 4.79 Å². The zero-order valence-corrected chi connectivity index (χ0v) is 11.7. The molecule has 0 aromatic carbocycles. The van der Waals surface area contributed by atoms with Gasteiger partial charge in [-0.1, -0.05) is 23.2 Å². The number of carbonyl (C=O) groups excluding carboxylic acids is 1. The second-order valence-corrected chi connectivity index (χ2v) is 4.94. The summed E-state index contributed by atoms with van der Waals surface area (Å²) in [5.41, 5.74) is 0.313. The minimum Gasteiger partial charge on any atom is -0.469 e. The molecule has 0 radical (unpaired) electrons. The lowest BCUT2D eigenvalue weighted by atomic mass is 10.1. The number of amides is 1. The number of nitrogens with one attached hydrogen (secondary N) is 1. The van der Waals surface area contributed by atoms with Gasteiger partial charge in [-0.15, -0.1) is 0 Å². The van der Waals surface area contributed by atoms with E-state index in [-0.39, 0.29) is 22.1 Å². The van der Waals surface area contributed by atoms with Gasteiger partial charge in [0, 0.05) is 18.7 Å². The molecule has 100 valence electrons. The van der Waals surface area contributed by atoms with E-state index in [0.29, 0.717) is 12.0 Å². The number of aromatic nitrogens is 1. The molecule has 2 aromatic rings. The van der Waals surface area contributed by atoms with Crippen LogP contribution < -0.4 is 5.32 Å². The van der Waals surface area contributed by atoms with Crippen LogP contribution in [0.25, 0.3) is 0 Å². The number of furan rings is 1. The maximum Gasteiger partial charge on any atom is 0.253 e. The largest absolute Gasteiger partial charge is 0.469 e. The first-order valence-corrected chi connectivity index (χ1v) is 6.46. The molecule has 2 aromatic heterocycles. The molecule has 1 unspecified atom stereocenters. The predicted octanol–water partition coefficient (Wildman–Crippen LogP) is 3.34. The topological polar surface area (TPSA) is 55.1 Å². The van der Waals surface area contributed by atoms with Gasteiger partial charge in [-0.2, -0.15) is 0 Å². The Morgan fingerprint density at radius 1 is 1.53 bits per heavy atom. The lowest BCUT2D eigenvalue weighted by Crippen LogP contribution is -2.34. The fraction of sp³-hybridized carbons (Fsp3) is 0.231. The first-order valence-electron chi connectivity index (χ1n) is 5.70. The van der Waals surface area contributed by atoms with Gasteiger partial charge >= 0.3 is 0 Å². The fourth-order valence-electron chi connectivity index (χ4n) is 1.67. The van der Waals surface area contributed by atoms with Crippen LogP contribution in [0.4, 0.5) is 0 Å². The third kappa shape index (κ3) is 3.72. The number of carbonyl (C=O) groups is 1. The van der Waals surface area contributed by atoms with Crippen molar-refractivity contribution in [1.29, 1.82) is 0 Å². The molecular formula is C13H12Cl2N2O2. The van der Waals surface area contributed by atoms with E-state index < -0.39 is 0 Å². The molecular weight excluding hydrogens is 287 g/mol. The van der Waals surface area contributed by atoms with Crippen LogP contribution in [0.1, 0.15) is 23.0 Å². The van der Waals surface area contributed by atoms with Crippen molar-refractivity contribution < 1.29 is 9.21 Å². The van der Waals surface area contributed by atoms with Gasteiger partial charge in [-0.3, -0.25) is 4.79 Å². The quantitative estimate of drug-likeness (QED) is 0.881. The maximum atomic E-state index is 12.0. The first kappa shape index (κ1) is 13.9. The van der Waals surface area contributed by atoms with E-state index in [4.69, 9.17) is 27.6 Å². The van der Waals surface area contributed by atoms with Gasteiger partial charge in [0.05, 0.1) is 16.8 Å². The van der Waals surface area contributed by atoms with E-state index in [0.717, 1.165) is 5.76 Å². The normalized spacial score (nSPS) is 12.2. The van der Waals surface area contributed by atoms with E-state index in [1.807, 2.05) is 19.1 Å². The molecule has 0 bridgehead atoms. The van der Waals surface area contributed by atoms with Crippen LogP contribution in [-0.2, 0) is 6.42 Å². The number of nitrogens with zero attached hydrogens (tertiary/aromatic N) is 1. The van der Waals surface area contributed by atoms with Crippen LogP contribution in [0, 0.1) is 0 Å². The summed E-state index contributed by atoms with van der Waals surface area (Å²) < 4.78 is 5.23. The lowest BCUT2D eigenvalue weighted by molar-refractivity contribution is 0.0939. The Morgan fingerprint density at radius 2 is 2.32 bits per heavy atom. The number of hydrogen-bond acceptors (Lipinski definition) is 3. The van der Waals surface area contributed by atoms with Crippen molar-refractivity contribution in [1.82, 2.24) is 10.3 Å². The predicted molar refractivity (Wildman–Crippen MR) is 73.6 cm³/mol. The van der Waals surface area contributed by atoms with Crippen molar-refractivity contribution in [3.63, 3.8) is 0 Å². The summed E-state index contributed by atoms with van der Waals surface area (Å²) >= 11 is 11.7. The third-order valence-corrected chi connectivity index (χ3v) is 3.04. The SMILES string of the molecule is CC(Cc1ccco1)NC(=O)c1cc(Cl)ncc1Cl. The van der Waals surface area contributed by atoms with Crippen molar-refractivity contribution in [3.05, 3.63) is 52.2 Å². The molecule has 1 amide bonds. The Bertz CT molecular complexity index is 570. The molecule has 19 heavy (non-hydrogen) atoms. The highest BCUT2D eigenvalue weighted by molar-refractivity contribution is 6.35. The Morgan fingerprint density at radius 3 is 3.00 bits per heavy atom. The molecule has 6 heteroatoms. The lowest BCUT2D eigenvalue weighted by Gasteiger charge is -2.13. The number of pyridine rings is 1. The summed E-state index contributed by atoms with van der Waals surface area (Å²) in [4.78, 5) is 15.8. The third-order valence-electron chi connectivity index (χ3n) is 2.53. The van der Waals surface area contributed by atoms with E-state index in [1.165, 1.54) is 12.3 Å². The highest BCUT2D eigenvalue weighted by Crippen LogP contribution is 2.18. The molecule has 2 heterocycles. The summed E-state index contributed by atoms with van der Waals surface area (Å²) in [5.74, 6) is 0.528. The summed E-state index contributed by atoms with van der Waals surface area (Å²) in [7, 11) is 0. The minimum atomic E-state index is -0.284. The van der Waals surface area contributed by atoms with Crippen molar-refractivity contribution in [2.45, 2.75) is 19.4 Å². The second kappa shape index (κ2) is 6.08. The smallest absolute Gasteiger partial charge is 0.253 e. The molecule has 2 rings (SSSR count). The maximum absolute atomic E-state index is 12.0. The van der Waals surface area contributed by atoms with Crippen LogP contribution in [0.3, 0.4) is 0 Å². The fourth-order valence-corrected chi connectivity index (χ4v) is 2.02. The molecule has 0 aliphatic heterocycles. The van der Waals surface area contributed by atoms with Crippen LogP contribution in [0.2, 0.25) is 10.2 Å². The van der Waals surface area contributed by atoms with Gasteiger partial charge in [-0.25, -0.2) is 4.98 Å². The molecule has 0 saturated heterocycles. The number of rotatable bonds is 4. The Labute approximate surface area is 120 Å². The molecule has 4 nitrogen and oxygen atoms in total. The molecule has 0 aliphatic rings. The standard InChI is InChI=1S/C13H12Cl2N2O2/c1-8(5-9-3-2-4-19-9)17-13(18)10-6-12(15)16-7-11(10)14/h2-4,6-8H,5H2,1H3,(H,17,18). The van der Waals surface area contributed by atoms with Gasteiger partial charge in [0.2, 0.25) is 0 Å². The highest BCUT2D eigenvalue weighted by Gasteiger charge is 2.15.